The average Bonchev–Trinajstić information content (AvgIpc) is 2.40. The lowest BCUT2D eigenvalue weighted by Crippen LogP contribution is -2.40. The molecule has 1 rings (SSSR count). The molecular weight excluding hydrogens is 276 g/mol. The highest BCUT2D eigenvalue weighted by Gasteiger charge is 2.22. The highest BCUT2D eigenvalue weighted by Crippen LogP contribution is 2.34. The standard InChI is InChI=1S/C11H13ClN2O5/c1-13-8(11(15)18-2)6-19-10-7(12)4-3-5-9(10)14(16)17/h3-5,8,13H,6H2,1-2H3. The summed E-state index contributed by atoms with van der Waals surface area (Å²) in [7, 11) is 2.79. The van der Waals surface area contributed by atoms with Gasteiger partial charge in [-0.15, -0.1) is 0 Å². The van der Waals surface area contributed by atoms with Gasteiger partial charge >= 0.3 is 11.7 Å². The number of carbonyl (C=O) groups excluding carboxylic acids is 1. The number of rotatable bonds is 6. The maximum absolute atomic E-state index is 11.3. The number of methoxy groups -OCH3 is 1. The Morgan fingerprint density at radius 2 is 2.26 bits per heavy atom. The van der Waals surface area contributed by atoms with Gasteiger partial charge < -0.3 is 14.8 Å². The Labute approximate surface area is 114 Å². The summed E-state index contributed by atoms with van der Waals surface area (Å²) in [6.07, 6.45) is 0. The van der Waals surface area contributed by atoms with Gasteiger partial charge in [0.2, 0.25) is 5.75 Å². The van der Waals surface area contributed by atoms with E-state index in [0.29, 0.717) is 0 Å². The Morgan fingerprint density at radius 3 is 2.79 bits per heavy atom. The van der Waals surface area contributed by atoms with Crippen LogP contribution in [0, 0.1) is 10.1 Å². The summed E-state index contributed by atoms with van der Waals surface area (Å²) in [5.41, 5.74) is -0.257. The molecule has 7 nitrogen and oxygen atoms in total. The van der Waals surface area contributed by atoms with Gasteiger partial charge in [-0.2, -0.15) is 0 Å². The van der Waals surface area contributed by atoms with E-state index in [2.05, 4.69) is 10.1 Å². The zero-order chi connectivity index (χ0) is 14.4. The van der Waals surface area contributed by atoms with Crippen molar-refractivity contribution in [3.8, 4) is 5.75 Å². The molecule has 0 saturated heterocycles. The number of hydrogen-bond acceptors (Lipinski definition) is 6. The molecule has 0 aromatic heterocycles. The second kappa shape index (κ2) is 6.91. The first-order valence-electron chi connectivity index (χ1n) is 5.32. The number of nitro benzene ring substituents is 1. The molecule has 0 aliphatic carbocycles. The molecule has 19 heavy (non-hydrogen) atoms. The fourth-order valence-electron chi connectivity index (χ4n) is 1.36. The molecule has 1 atom stereocenters. The van der Waals surface area contributed by atoms with Gasteiger partial charge in [-0.25, -0.2) is 0 Å². The molecule has 0 bridgehead atoms. The molecule has 0 heterocycles. The first-order valence-corrected chi connectivity index (χ1v) is 5.69. The van der Waals surface area contributed by atoms with Crippen LogP contribution >= 0.6 is 11.6 Å². The number of esters is 1. The van der Waals surface area contributed by atoms with Crippen LogP contribution in [0.4, 0.5) is 5.69 Å². The number of carbonyl (C=O) groups is 1. The Hall–Kier alpha value is -1.86. The monoisotopic (exact) mass is 288 g/mol. The molecule has 0 fully saturated rings. The molecular formula is C11H13ClN2O5. The predicted octanol–water partition coefficient (Wildman–Crippen LogP) is 1.39. The van der Waals surface area contributed by atoms with Gasteiger partial charge in [0.05, 0.1) is 17.1 Å². The molecule has 1 aromatic carbocycles. The van der Waals surface area contributed by atoms with Crippen molar-refractivity contribution in [3.63, 3.8) is 0 Å². The van der Waals surface area contributed by atoms with Crippen LogP contribution in [0.3, 0.4) is 0 Å². The maximum atomic E-state index is 11.3. The third-order valence-electron chi connectivity index (χ3n) is 2.37. The van der Waals surface area contributed by atoms with E-state index in [9.17, 15) is 14.9 Å². The smallest absolute Gasteiger partial charge is 0.326 e. The number of nitrogens with zero attached hydrogens (tertiary/aromatic N) is 1. The van der Waals surface area contributed by atoms with E-state index in [0.717, 1.165) is 0 Å². The molecule has 0 saturated carbocycles. The second-order valence-electron chi connectivity index (χ2n) is 3.52. The topological polar surface area (TPSA) is 90.7 Å². The van der Waals surface area contributed by atoms with E-state index in [-0.39, 0.29) is 23.1 Å². The lowest BCUT2D eigenvalue weighted by Gasteiger charge is -2.15. The largest absolute Gasteiger partial charge is 0.483 e. The van der Waals surface area contributed by atoms with Crippen LogP contribution in [0.5, 0.6) is 5.75 Å². The SMILES string of the molecule is CNC(COc1c(Cl)cccc1[N+](=O)[O-])C(=O)OC. The van der Waals surface area contributed by atoms with Crippen LogP contribution in [0.25, 0.3) is 0 Å². The number of hydrogen-bond donors (Lipinski definition) is 1. The minimum absolute atomic E-state index is 0.0710. The fraction of sp³-hybridized carbons (Fsp3) is 0.364. The van der Waals surface area contributed by atoms with Crippen LogP contribution in [0.2, 0.25) is 5.02 Å². The van der Waals surface area contributed by atoms with Crippen LogP contribution in [0.15, 0.2) is 18.2 Å². The summed E-state index contributed by atoms with van der Waals surface area (Å²) < 4.78 is 9.82. The van der Waals surface area contributed by atoms with Crippen molar-refractivity contribution in [2.75, 3.05) is 20.8 Å². The Balaban J connectivity index is 2.88. The molecule has 1 N–H and O–H groups in total. The molecule has 0 aliphatic heterocycles. The molecule has 0 amide bonds. The summed E-state index contributed by atoms with van der Waals surface area (Å²) in [6, 6.07) is 3.45. The Morgan fingerprint density at radius 1 is 1.58 bits per heavy atom. The van der Waals surface area contributed by atoms with Crippen LogP contribution in [0.1, 0.15) is 0 Å². The number of para-hydroxylation sites is 1. The van der Waals surface area contributed by atoms with Crippen molar-refractivity contribution in [1.29, 1.82) is 0 Å². The van der Waals surface area contributed by atoms with Gasteiger partial charge in [-0.05, 0) is 13.1 Å². The van der Waals surface area contributed by atoms with E-state index in [4.69, 9.17) is 16.3 Å². The minimum atomic E-state index is -0.735. The van der Waals surface area contributed by atoms with E-state index in [1.54, 1.807) is 7.05 Å². The number of benzene rings is 1. The molecule has 0 aliphatic rings. The van der Waals surface area contributed by atoms with Gasteiger partial charge in [0, 0.05) is 6.07 Å². The van der Waals surface area contributed by atoms with Crippen molar-refractivity contribution in [2.24, 2.45) is 0 Å². The molecule has 0 radical (unpaired) electrons. The van der Waals surface area contributed by atoms with Gasteiger partial charge in [-0.3, -0.25) is 14.9 Å². The maximum Gasteiger partial charge on any atom is 0.326 e. The van der Waals surface area contributed by atoms with Gasteiger partial charge in [0.1, 0.15) is 12.6 Å². The number of likely N-dealkylation sites (N-methyl/N-ethyl adjacent to an activating group) is 1. The van der Waals surface area contributed by atoms with Crippen molar-refractivity contribution in [3.05, 3.63) is 33.3 Å². The van der Waals surface area contributed by atoms with Crippen molar-refractivity contribution >= 4 is 23.3 Å². The van der Waals surface area contributed by atoms with Crippen LogP contribution < -0.4 is 10.1 Å². The minimum Gasteiger partial charge on any atom is -0.483 e. The fourth-order valence-corrected chi connectivity index (χ4v) is 1.59. The molecule has 104 valence electrons. The predicted molar refractivity (Wildman–Crippen MR) is 68.5 cm³/mol. The van der Waals surface area contributed by atoms with Gasteiger partial charge in [-0.1, -0.05) is 17.7 Å². The first-order chi connectivity index (χ1) is 9.01. The summed E-state index contributed by atoms with van der Waals surface area (Å²) in [5, 5.41) is 13.6. The highest BCUT2D eigenvalue weighted by atomic mass is 35.5. The van der Waals surface area contributed by atoms with Crippen molar-refractivity contribution in [2.45, 2.75) is 6.04 Å². The number of nitro groups is 1. The lowest BCUT2D eigenvalue weighted by molar-refractivity contribution is -0.385. The van der Waals surface area contributed by atoms with E-state index >= 15 is 0 Å². The summed E-state index contributed by atoms with van der Waals surface area (Å²) in [4.78, 5) is 21.6. The summed E-state index contributed by atoms with van der Waals surface area (Å²) >= 11 is 5.85. The Bertz CT molecular complexity index is 480. The molecule has 1 unspecified atom stereocenters. The summed E-state index contributed by atoms with van der Waals surface area (Å²) in [5.74, 6) is -0.601. The van der Waals surface area contributed by atoms with Crippen LogP contribution in [-0.2, 0) is 9.53 Å². The second-order valence-corrected chi connectivity index (χ2v) is 3.93. The van der Waals surface area contributed by atoms with Crippen molar-refractivity contribution < 1.29 is 19.2 Å². The number of nitrogens with one attached hydrogen (secondary N) is 1. The zero-order valence-corrected chi connectivity index (χ0v) is 11.1. The van der Waals surface area contributed by atoms with E-state index in [1.807, 2.05) is 0 Å². The molecule has 1 aromatic rings. The lowest BCUT2D eigenvalue weighted by atomic mass is 10.3. The van der Waals surface area contributed by atoms with Gasteiger partial charge in [0.25, 0.3) is 0 Å². The van der Waals surface area contributed by atoms with Gasteiger partial charge in [0.15, 0.2) is 0 Å². The Kier molecular flexibility index (Phi) is 5.53. The van der Waals surface area contributed by atoms with Crippen molar-refractivity contribution in [1.82, 2.24) is 5.32 Å². The molecule has 0 spiro atoms. The number of halogens is 1. The zero-order valence-electron chi connectivity index (χ0n) is 10.4. The normalized spacial score (nSPS) is 11.7. The van der Waals surface area contributed by atoms with E-state index < -0.39 is 16.9 Å². The van der Waals surface area contributed by atoms with Crippen LogP contribution in [-0.4, -0.2) is 37.7 Å². The third-order valence-corrected chi connectivity index (χ3v) is 2.67. The third kappa shape index (κ3) is 3.80. The summed E-state index contributed by atoms with van der Waals surface area (Å²) in [6.45, 7) is -0.131. The highest BCUT2D eigenvalue weighted by molar-refractivity contribution is 6.32. The number of ether oxygens (including phenoxy) is 2. The quantitative estimate of drug-likeness (QED) is 0.483. The van der Waals surface area contributed by atoms with E-state index in [1.165, 1.54) is 25.3 Å². The average molecular weight is 289 g/mol. The first kappa shape index (κ1) is 15.2. The molecule has 8 heteroatoms.